The Hall–Kier alpha value is -3.13. The predicted molar refractivity (Wildman–Crippen MR) is 75.9 cm³/mol. The predicted octanol–water partition coefficient (Wildman–Crippen LogP) is 2.98. The highest BCUT2D eigenvalue weighted by atomic mass is 15.3. The van der Waals surface area contributed by atoms with Gasteiger partial charge < -0.3 is 4.98 Å². The normalized spacial score (nSPS) is 10.9. The summed E-state index contributed by atoms with van der Waals surface area (Å²) in [6, 6.07) is 16.2. The Balaban J connectivity index is 2.00. The van der Waals surface area contributed by atoms with Gasteiger partial charge in [0.05, 0.1) is 0 Å². The molecule has 0 unspecified atom stereocenters. The fraction of sp³-hybridized carbons (Fsp3) is 0. The summed E-state index contributed by atoms with van der Waals surface area (Å²) < 4.78 is 0. The Morgan fingerprint density at radius 3 is 2.70 bits per heavy atom. The number of rotatable bonds is 1. The fourth-order valence-corrected chi connectivity index (χ4v) is 2.51. The van der Waals surface area contributed by atoms with Crippen LogP contribution < -0.4 is 0 Å². The van der Waals surface area contributed by atoms with Gasteiger partial charge in [0.15, 0.2) is 5.69 Å². The van der Waals surface area contributed by atoms with Crippen LogP contribution in [0.25, 0.3) is 33.1 Å². The molecule has 5 nitrogen and oxygen atoms in total. The van der Waals surface area contributed by atoms with Crippen molar-refractivity contribution in [1.29, 1.82) is 5.26 Å². The van der Waals surface area contributed by atoms with Gasteiger partial charge >= 0.3 is 0 Å². The van der Waals surface area contributed by atoms with Crippen molar-refractivity contribution in [1.82, 2.24) is 20.4 Å². The van der Waals surface area contributed by atoms with Crippen LogP contribution in [0.1, 0.15) is 5.69 Å². The highest BCUT2D eigenvalue weighted by Gasteiger charge is 2.11. The summed E-state index contributed by atoms with van der Waals surface area (Å²) in [6.07, 6.45) is 0. The molecular weight excluding hydrogens is 250 g/mol. The van der Waals surface area contributed by atoms with Crippen LogP contribution in [0.4, 0.5) is 0 Å². The van der Waals surface area contributed by atoms with Gasteiger partial charge in [0.1, 0.15) is 11.8 Å². The van der Waals surface area contributed by atoms with E-state index >= 15 is 0 Å². The van der Waals surface area contributed by atoms with Gasteiger partial charge in [-0.2, -0.15) is 15.6 Å². The van der Waals surface area contributed by atoms with E-state index in [0.29, 0.717) is 11.4 Å². The van der Waals surface area contributed by atoms with E-state index in [1.165, 1.54) is 5.39 Å². The van der Waals surface area contributed by atoms with Gasteiger partial charge in [0.2, 0.25) is 0 Å². The molecule has 0 fully saturated rings. The highest BCUT2D eigenvalue weighted by Crippen LogP contribution is 2.29. The summed E-state index contributed by atoms with van der Waals surface area (Å²) in [5.41, 5.74) is 3.87. The first-order valence-corrected chi connectivity index (χ1v) is 6.18. The zero-order valence-corrected chi connectivity index (χ0v) is 10.4. The van der Waals surface area contributed by atoms with E-state index in [1.54, 1.807) is 0 Å². The SMILES string of the molecule is N#Cc1n[nH]nc1-c1ccc2c(c1)[nH]c1ccccc12. The number of para-hydroxylation sites is 1. The molecule has 0 atom stereocenters. The number of fused-ring (bicyclic) bond motifs is 3. The monoisotopic (exact) mass is 259 g/mol. The molecule has 2 heterocycles. The van der Waals surface area contributed by atoms with Crippen molar-refractivity contribution in [3.05, 3.63) is 48.2 Å². The maximum absolute atomic E-state index is 9.02. The number of aromatic amines is 2. The molecule has 4 rings (SSSR count). The summed E-state index contributed by atoms with van der Waals surface area (Å²) in [7, 11) is 0. The number of nitrogens with one attached hydrogen (secondary N) is 2. The second-order valence-corrected chi connectivity index (χ2v) is 4.56. The highest BCUT2D eigenvalue weighted by molar-refractivity contribution is 6.08. The largest absolute Gasteiger partial charge is 0.354 e. The van der Waals surface area contributed by atoms with E-state index in [2.05, 4.69) is 26.5 Å². The average molecular weight is 259 g/mol. The second-order valence-electron chi connectivity index (χ2n) is 4.56. The minimum absolute atomic E-state index is 0.306. The minimum Gasteiger partial charge on any atom is -0.354 e. The quantitative estimate of drug-likeness (QED) is 0.551. The zero-order valence-electron chi connectivity index (χ0n) is 10.4. The first-order chi connectivity index (χ1) is 9.86. The smallest absolute Gasteiger partial charge is 0.190 e. The van der Waals surface area contributed by atoms with Gasteiger partial charge in [-0.3, -0.25) is 0 Å². The number of hydrogen-bond donors (Lipinski definition) is 2. The molecule has 0 radical (unpaired) electrons. The summed E-state index contributed by atoms with van der Waals surface area (Å²) >= 11 is 0. The van der Waals surface area contributed by atoms with E-state index in [-0.39, 0.29) is 0 Å². The Morgan fingerprint density at radius 1 is 0.950 bits per heavy atom. The van der Waals surface area contributed by atoms with E-state index < -0.39 is 0 Å². The van der Waals surface area contributed by atoms with Crippen LogP contribution in [0.3, 0.4) is 0 Å². The molecule has 5 heteroatoms. The lowest BCUT2D eigenvalue weighted by molar-refractivity contribution is 0.937. The van der Waals surface area contributed by atoms with Crippen molar-refractivity contribution < 1.29 is 0 Å². The third-order valence-electron chi connectivity index (χ3n) is 3.43. The molecule has 0 spiro atoms. The van der Waals surface area contributed by atoms with E-state index in [0.717, 1.165) is 22.0 Å². The first-order valence-electron chi connectivity index (χ1n) is 6.18. The van der Waals surface area contributed by atoms with Crippen molar-refractivity contribution in [2.24, 2.45) is 0 Å². The molecule has 2 aromatic carbocycles. The zero-order chi connectivity index (χ0) is 13.5. The number of aromatic nitrogens is 4. The molecule has 0 aliphatic heterocycles. The molecule has 0 saturated carbocycles. The standard InChI is InChI=1S/C15H9N5/c16-8-14-15(19-20-18-14)9-5-6-11-10-3-1-2-4-12(10)17-13(11)7-9/h1-7,17H,(H,18,19,20). The molecule has 0 bridgehead atoms. The minimum atomic E-state index is 0.306. The topological polar surface area (TPSA) is 81.2 Å². The number of nitriles is 1. The molecule has 4 aromatic rings. The molecule has 94 valence electrons. The fourth-order valence-electron chi connectivity index (χ4n) is 2.51. The van der Waals surface area contributed by atoms with Gasteiger partial charge in [-0.1, -0.05) is 30.3 Å². The third kappa shape index (κ3) is 1.42. The van der Waals surface area contributed by atoms with Gasteiger partial charge in [-0.25, -0.2) is 0 Å². The van der Waals surface area contributed by atoms with Crippen LogP contribution in [-0.4, -0.2) is 20.4 Å². The van der Waals surface area contributed by atoms with Crippen LogP contribution in [0, 0.1) is 11.3 Å². The van der Waals surface area contributed by atoms with Crippen LogP contribution >= 0.6 is 0 Å². The summed E-state index contributed by atoms with van der Waals surface area (Å²) in [6.45, 7) is 0. The maximum Gasteiger partial charge on any atom is 0.190 e. The number of hydrogen-bond acceptors (Lipinski definition) is 3. The van der Waals surface area contributed by atoms with Crippen molar-refractivity contribution >= 4 is 21.8 Å². The van der Waals surface area contributed by atoms with E-state index in [4.69, 9.17) is 5.26 Å². The molecule has 0 amide bonds. The molecule has 0 saturated heterocycles. The van der Waals surface area contributed by atoms with E-state index in [1.807, 2.05) is 42.5 Å². The van der Waals surface area contributed by atoms with Gasteiger partial charge in [0.25, 0.3) is 0 Å². The Morgan fingerprint density at radius 2 is 1.80 bits per heavy atom. The Labute approximate surface area is 113 Å². The van der Waals surface area contributed by atoms with E-state index in [9.17, 15) is 0 Å². The van der Waals surface area contributed by atoms with Crippen molar-refractivity contribution in [3.63, 3.8) is 0 Å². The molecule has 0 aliphatic rings. The lowest BCUT2D eigenvalue weighted by Crippen LogP contribution is -1.82. The molecular formula is C15H9N5. The van der Waals surface area contributed by atoms with Crippen LogP contribution in [0.2, 0.25) is 0 Å². The Bertz CT molecular complexity index is 971. The number of H-pyrrole nitrogens is 2. The third-order valence-corrected chi connectivity index (χ3v) is 3.43. The molecule has 20 heavy (non-hydrogen) atoms. The molecule has 0 aliphatic carbocycles. The molecule has 2 aromatic heterocycles. The number of nitrogens with zero attached hydrogens (tertiary/aromatic N) is 3. The van der Waals surface area contributed by atoms with Gasteiger partial charge in [-0.05, 0) is 12.1 Å². The van der Waals surface area contributed by atoms with Gasteiger partial charge in [0, 0.05) is 27.4 Å². The lowest BCUT2D eigenvalue weighted by Gasteiger charge is -1.97. The van der Waals surface area contributed by atoms with Gasteiger partial charge in [-0.15, -0.1) is 5.10 Å². The van der Waals surface area contributed by atoms with Crippen molar-refractivity contribution in [2.75, 3.05) is 0 Å². The van der Waals surface area contributed by atoms with Crippen molar-refractivity contribution in [2.45, 2.75) is 0 Å². The first kappa shape index (κ1) is 10.8. The summed E-state index contributed by atoms with van der Waals surface area (Å²) in [5, 5.41) is 21.7. The molecule has 2 N–H and O–H groups in total. The lowest BCUT2D eigenvalue weighted by atomic mass is 10.1. The Kier molecular flexibility index (Phi) is 2.12. The van der Waals surface area contributed by atoms with Crippen LogP contribution in [0.5, 0.6) is 0 Å². The van der Waals surface area contributed by atoms with Crippen LogP contribution in [-0.2, 0) is 0 Å². The second kappa shape index (κ2) is 3.93. The maximum atomic E-state index is 9.02. The summed E-state index contributed by atoms with van der Waals surface area (Å²) in [5.74, 6) is 0. The van der Waals surface area contributed by atoms with Crippen LogP contribution in [0.15, 0.2) is 42.5 Å². The number of benzene rings is 2. The summed E-state index contributed by atoms with van der Waals surface area (Å²) in [4.78, 5) is 3.38. The average Bonchev–Trinajstić information content (AvgIpc) is 3.10. The van der Waals surface area contributed by atoms with Crippen molar-refractivity contribution in [3.8, 4) is 17.3 Å².